The van der Waals surface area contributed by atoms with Crippen LogP contribution in [0.1, 0.15) is 114 Å². The van der Waals surface area contributed by atoms with Crippen molar-refractivity contribution < 1.29 is 0 Å². The van der Waals surface area contributed by atoms with Gasteiger partial charge in [0.2, 0.25) is 0 Å². The first-order chi connectivity index (χ1) is 33.5. The van der Waals surface area contributed by atoms with Crippen molar-refractivity contribution in [2.75, 3.05) is 14.7 Å². The molecule has 7 aromatic carbocycles. The molecule has 0 unspecified atom stereocenters. The third-order valence-corrected chi connectivity index (χ3v) is 19.5. The molecule has 4 heterocycles. The van der Waals surface area contributed by atoms with E-state index in [1.54, 1.807) is 0 Å². The molecule has 70 heavy (non-hydrogen) atoms. The van der Waals surface area contributed by atoms with E-state index in [0.29, 0.717) is 0 Å². The highest BCUT2D eigenvalue weighted by Gasteiger charge is 2.49. The number of hydrogen-bond donors (Lipinski definition) is 0. The molecule has 0 saturated heterocycles. The van der Waals surface area contributed by atoms with Gasteiger partial charge < -0.3 is 14.7 Å². The molecule has 2 aromatic heterocycles. The molecule has 13 rings (SSSR count). The largest absolute Gasteiger partial charge is 0.310 e. The lowest BCUT2D eigenvalue weighted by molar-refractivity contribution is 0.332. The summed E-state index contributed by atoms with van der Waals surface area (Å²) in [5, 5.41) is 2.74. The second kappa shape index (κ2) is 15.2. The van der Waals surface area contributed by atoms with E-state index in [9.17, 15) is 0 Å². The van der Waals surface area contributed by atoms with Crippen LogP contribution in [0.25, 0.3) is 20.2 Å². The Morgan fingerprint density at radius 3 is 1.16 bits per heavy atom. The van der Waals surface area contributed by atoms with Gasteiger partial charge in [-0.05, 0) is 174 Å². The Balaban J connectivity index is 1.21. The fourth-order valence-electron chi connectivity index (χ4n) is 12.7. The topological polar surface area (TPSA) is 9.72 Å². The summed E-state index contributed by atoms with van der Waals surface area (Å²) in [5.74, 6) is 0. The molecule has 9 aromatic rings. The van der Waals surface area contributed by atoms with Gasteiger partial charge in [-0.2, -0.15) is 0 Å². The van der Waals surface area contributed by atoms with Crippen LogP contribution in [-0.2, 0) is 21.7 Å². The second-order valence-corrected chi connectivity index (χ2v) is 25.8. The molecule has 0 amide bonds. The minimum atomic E-state index is 0.0280. The molecular formula is C64H62BN3S2. The van der Waals surface area contributed by atoms with Crippen molar-refractivity contribution in [3.05, 3.63) is 179 Å². The molecular weight excluding hydrogens is 886 g/mol. The fraction of sp³-hybridized carbons (Fsp3) is 0.281. The first kappa shape index (κ1) is 43.9. The van der Waals surface area contributed by atoms with E-state index in [1.165, 1.54) is 128 Å². The normalized spacial score (nSPS) is 17.7. The Labute approximate surface area is 423 Å². The third kappa shape index (κ3) is 6.51. The van der Waals surface area contributed by atoms with Crippen molar-refractivity contribution in [2.45, 2.75) is 117 Å². The van der Waals surface area contributed by atoms with Crippen molar-refractivity contribution in [3.8, 4) is 0 Å². The van der Waals surface area contributed by atoms with Crippen LogP contribution in [0.3, 0.4) is 0 Å². The van der Waals surface area contributed by atoms with Crippen LogP contribution in [-0.4, -0.2) is 6.71 Å². The number of thiophene rings is 2. The van der Waals surface area contributed by atoms with Crippen molar-refractivity contribution in [2.24, 2.45) is 0 Å². The van der Waals surface area contributed by atoms with Gasteiger partial charge in [0.15, 0.2) is 0 Å². The minimum Gasteiger partial charge on any atom is -0.310 e. The first-order valence-corrected chi connectivity index (χ1v) is 27.2. The van der Waals surface area contributed by atoms with Crippen LogP contribution < -0.4 is 29.7 Å². The van der Waals surface area contributed by atoms with E-state index in [1.807, 2.05) is 0 Å². The van der Waals surface area contributed by atoms with E-state index < -0.39 is 0 Å². The molecule has 348 valence electrons. The predicted octanol–water partition coefficient (Wildman–Crippen LogP) is 17.0. The number of nitrogens with zero attached hydrogens (tertiary/aromatic N) is 3. The molecule has 2 aliphatic heterocycles. The number of para-hydroxylation sites is 2. The molecule has 0 N–H and O–H groups in total. The Kier molecular flexibility index (Phi) is 9.55. The summed E-state index contributed by atoms with van der Waals surface area (Å²) in [6, 6.07) is 56.2. The summed E-state index contributed by atoms with van der Waals surface area (Å²) >= 11 is 4.10. The molecule has 3 nitrogen and oxygen atoms in total. The lowest BCUT2D eigenvalue weighted by Crippen LogP contribution is -2.59. The van der Waals surface area contributed by atoms with Crippen molar-refractivity contribution in [1.82, 2.24) is 0 Å². The molecule has 4 aliphatic rings. The van der Waals surface area contributed by atoms with Crippen LogP contribution in [0, 0.1) is 13.8 Å². The summed E-state index contributed by atoms with van der Waals surface area (Å²) < 4.78 is 5.66. The van der Waals surface area contributed by atoms with Crippen molar-refractivity contribution >= 4 is 116 Å². The lowest BCUT2D eigenvalue weighted by Gasteiger charge is -2.44. The maximum Gasteiger partial charge on any atom is 0.277 e. The van der Waals surface area contributed by atoms with E-state index >= 15 is 0 Å². The molecule has 0 fully saturated rings. The summed E-state index contributed by atoms with van der Waals surface area (Å²) in [7, 11) is 0. The van der Waals surface area contributed by atoms with Crippen molar-refractivity contribution in [1.29, 1.82) is 0 Å². The highest BCUT2D eigenvalue weighted by molar-refractivity contribution is 7.40. The third-order valence-electron chi connectivity index (χ3n) is 17.1. The van der Waals surface area contributed by atoms with Crippen LogP contribution >= 0.6 is 22.7 Å². The quantitative estimate of drug-likeness (QED) is 0.159. The average molecular weight is 948 g/mol. The first-order valence-electron chi connectivity index (χ1n) is 25.5. The van der Waals surface area contributed by atoms with Gasteiger partial charge in [0.05, 0.1) is 17.1 Å². The fourth-order valence-corrected chi connectivity index (χ4v) is 15.5. The van der Waals surface area contributed by atoms with E-state index in [4.69, 9.17) is 0 Å². The summed E-state index contributed by atoms with van der Waals surface area (Å²) in [5.41, 5.74) is 21.2. The molecule has 0 radical (unpaired) electrons. The molecule has 0 atom stereocenters. The van der Waals surface area contributed by atoms with Crippen LogP contribution in [0.15, 0.2) is 146 Å². The van der Waals surface area contributed by atoms with E-state index in [0.717, 1.165) is 17.1 Å². The van der Waals surface area contributed by atoms with Crippen LogP contribution in [0.4, 0.5) is 51.2 Å². The number of fused-ring (bicyclic) bond motifs is 10. The summed E-state index contributed by atoms with van der Waals surface area (Å²) in [6.45, 7) is 24.2. The minimum absolute atomic E-state index is 0.0280. The van der Waals surface area contributed by atoms with Crippen molar-refractivity contribution in [3.63, 3.8) is 0 Å². The van der Waals surface area contributed by atoms with E-state index in [-0.39, 0.29) is 28.4 Å². The van der Waals surface area contributed by atoms with Gasteiger partial charge in [0.25, 0.3) is 6.71 Å². The van der Waals surface area contributed by atoms with Gasteiger partial charge in [0.1, 0.15) is 0 Å². The van der Waals surface area contributed by atoms with Gasteiger partial charge in [0, 0.05) is 63.8 Å². The highest BCUT2D eigenvalue weighted by Crippen LogP contribution is 2.56. The zero-order chi connectivity index (χ0) is 48.2. The average Bonchev–Trinajstić information content (AvgIpc) is 3.91. The van der Waals surface area contributed by atoms with Crippen LogP contribution in [0.2, 0.25) is 0 Å². The van der Waals surface area contributed by atoms with Gasteiger partial charge in [-0.3, -0.25) is 0 Å². The van der Waals surface area contributed by atoms with Gasteiger partial charge in [-0.15, -0.1) is 22.7 Å². The zero-order valence-electron chi connectivity index (χ0n) is 42.4. The molecule has 0 spiro atoms. The number of aryl methyl sites for hydroxylation is 2. The number of anilines is 9. The zero-order valence-corrected chi connectivity index (χ0v) is 44.1. The smallest absolute Gasteiger partial charge is 0.277 e. The monoisotopic (exact) mass is 947 g/mol. The molecule has 0 saturated carbocycles. The SMILES string of the molecule is Cc1ccc(N2c3cc(N(c4ccccc4)c4ccccc4)cc4c3B(c3sc5cc6c(cc5c32)C(C)(C)CCC6(C)C)c2sc3cc5c(cc3c2N4c2ccc(C)cc2)C(C)(C)CCC5(C)C)cc1. The molecule has 6 heteroatoms. The second-order valence-electron chi connectivity index (χ2n) is 23.6. The number of hydrogen-bond acceptors (Lipinski definition) is 5. The maximum absolute atomic E-state index is 2.67. The summed E-state index contributed by atoms with van der Waals surface area (Å²) in [6.07, 6.45) is 4.74. The van der Waals surface area contributed by atoms with Crippen LogP contribution in [0.5, 0.6) is 0 Å². The van der Waals surface area contributed by atoms with Gasteiger partial charge in [-0.25, -0.2) is 0 Å². The van der Waals surface area contributed by atoms with E-state index in [2.05, 4.69) is 252 Å². The molecule has 0 bridgehead atoms. The Morgan fingerprint density at radius 1 is 0.429 bits per heavy atom. The van der Waals surface area contributed by atoms with Gasteiger partial charge in [-0.1, -0.05) is 127 Å². The molecule has 2 aliphatic carbocycles. The van der Waals surface area contributed by atoms with Gasteiger partial charge >= 0.3 is 0 Å². The maximum atomic E-state index is 2.67. The Morgan fingerprint density at radius 2 is 0.786 bits per heavy atom. The predicted molar refractivity (Wildman–Crippen MR) is 306 cm³/mol. The highest BCUT2D eigenvalue weighted by atomic mass is 32.1. The lowest BCUT2D eigenvalue weighted by atomic mass is 9.39. The Bertz CT molecular complexity index is 3350. The summed E-state index contributed by atoms with van der Waals surface area (Å²) in [4.78, 5) is 7.81. The Hall–Kier alpha value is -6.08. The number of benzene rings is 7. The number of rotatable bonds is 5. The standard InChI is InChI=1S/C64H62BN3S2/c1-39-21-25-43(26-22-39)67-52-33-45(66(41-17-13-11-14-18-41)42-19-15-12-16-20-42)34-53-56(52)65(59-57(67)46-35-48-50(37-54(46)69-59)63(7,8)31-29-61(48,3)4)60-58(68(53)44-27-23-40(2)24-28-44)47-36-49-51(38-55(47)70-60)64(9,10)32-30-62(49,5)6/h11-28,33-38H,29-32H2,1-10H3.